The monoisotopic (exact) mass is 178 g/mol. The van der Waals surface area contributed by atoms with Crippen molar-refractivity contribution in [2.75, 3.05) is 12.3 Å². The minimum absolute atomic E-state index is 0.0451. The van der Waals surface area contributed by atoms with Crippen molar-refractivity contribution in [2.45, 2.75) is 25.3 Å². The first-order chi connectivity index (χ1) is 5.14. The van der Waals surface area contributed by atoms with Crippen molar-refractivity contribution in [1.82, 2.24) is 4.72 Å². The van der Waals surface area contributed by atoms with Crippen molar-refractivity contribution in [3.63, 3.8) is 0 Å². The van der Waals surface area contributed by atoms with Crippen LogP contribution in [0, 0.1) is 0 Å². The second-order valence-electron chi connectivity index (χ2n) is 2.85. The van der Waals surface area contributed by atoms with Crippen molar-refractivity contribution in [3.05, 3.63) is 0 Å². The highest BCUT2D eigenvalue weighted by Crippen LogP contribution is 2.18. The molecule has 1 fully saturated rings. The van der Waals surface area contributed by atoms with E-state index in [4.69, 9.17) is 5.73 Å². The van der Waals surface area contributed by atoms with Crippen LogP contribution in [-0.4, -0.2) is 26.8 Å². The Labute approximate surface area is 67.2 Å². The molecule has 4 nitrogen and oxygen atoms in total. The van der Waals surface area contributed by atoms with E-state index in [1.807, 2.05) is 0 Å². The highest BCUT2D eigenvalue weighted by atomic mass is 32.2. The summed E-state index contributed by atoms with van der Waals surface area (Å²) in [5.74, 6) is 0.0451. The van der Waals surface area contributed by atoms with Gasteiger partial charge in [0, 0.05) is 12.6 Å². The summed E-state index contributed by atoms with van der Waals surface area (Å²) in [7, 11) is -3.07. The van der Waals surface area contributed by atoms with E-state index >= 15 is 0 Å². The van der Waals surface area contributed by atoms with Gasteiger partial charge in [-0.2, -0.15) is 0 Å². The molecule has 0 spiro atoms. The summed E-state index contributed by atoms with van der Waals surface area (Å²) >= 11 is 0. The molecule has 0 bridgehead atoms. The molecule has 1 aliphatic carbocycles. The molecule has 3 N–H and O–H groups in total. The summed E-state index contributed by atoms with van der Waals surface area (Å²) < 4.78 is 24.7. The minimum Gasteiger partial charge on any atom is -0.329 e. The molecule has 0 aromatic carbocycles. The molecule has 0 aliphatic heterocycles. The van der Waals surface area contributed by atoms with Gasteiger partial charge >= 0.3 is 0 Å². The molecule has 0 unspecified atom stereocenters. The van der Waals surface area contributed by atoms with E-state index in [0.717, 1.165) is 19.3 Å². The molecule has 0 amide bonds. The van der Waals surface area contributed by atoms with Crippen LogP contribution in [-0.2, 0) is 10.0 Å². The Morgan fingerprint density at radius 2 is 2.09 bits per heavy atom. The lowest BCUT2D eigenvalue weighted by molar-refractivity contribution is 0.383. The maximum Gasteiger partial charge on any atom is 0.213 e. The maximum atomic E-state index is 11.0. The molecule has 0 radical (unpaired) electrons. The first-order valence-electron chi connectivity index (χ1n) is 3.84. The summed E-state index contributed by atoms with van der Waals surface area (Å²) in [5, 5.41) is 0. The summed E-state index contributed by atoms with van der Waals surface area (Å²) in [6.07, 6.45) is 3.09. The topological polar surface area (TPSA) is 72.2 Å². The fourth-order valence-electron chi connectivity index (χ4n) is 0.994. The quantitative estimate of drug-likeness (QED) is 0.605. The average molecular weight is 178 g/mol. The third-order valence-corrected chi connectivity index (χ3v) is 3.30. The van der Waals surface area contributed by atoms with E-state index in [2.05, 4.69) is 4.72 Å². The Balaban J connectivity index is 2.33. The van der Waals surface area contributed by atoms with E-state index in [9.17, 15) is 8.42 Å². The predicted octanol–water partition coefficient (Wildman–Crippen LogP) is -0.583. The lowest BCUT2D eigenvalue weighted by Gasteiger charge is -2.25. The van der Waals surface area contributed by atoms with E-state index in [1.165, 1.54) is 0 Å². The molecule has 0 saturated heterocycles. The van der Waals surface area contributed by atoms with Gasteiger partial charge in [-0.25, -0.2) is 13.1 Å². The van der Waals surface area contributed by atoms with Crippen LogP contribution in [0.4, 0.5) is 0 Å². The zero-order valence-electron chi connectivity index (χ0n) is 6.41. The Kier molecular flexibility index (Phi) is 2.86. The lowest BCUT2D eigenvalue weighted by atomic mass is 9.94. The van der Waals surface area contributed by atoms with Gasteiger partial charge in [0.25, 0.3) is 0 Å². The van der Waals surface area contributed by atoms with Crippen molar-refractivity contribution in [3.8, 4) is 0 Å². The molecular formula is C6H14N2O2S. The first kappa shape index (κ1) is 8.96. The molecule has 1 rings (SSSR count). The molecular weight excluding hydrogens is 164 g/mol. The molecule has 66 valence electrons. The fraction of sp³-hybridized carbons (Fsp3) is 1.00. The molecule has 11 heavy (non-hydrogen) atoms. The van der Waals surface area contributed by atoms with Gasteiger partial charge in [-0.05, 0) is 12.8 Å². The summed E-state index contributed by atoms with van der Waals surface area (Å²) in [6.45, 7) is 0.196. The number of hydrogen-bond donors (Lipinski definition) is 2. The van der Waals surface area contributed by atoms with Gasteiger partial charge in [-0.3, -0.25) is 0 Å². The van der Waals surface area contributed by atoms with Crippen LogP contribution in [0.3, 0.4) is 0 Å². The fourth-order valence-corrected chi connectivity index (χ4v) is 2.17. The first-order valence-corrected chi connectivity index (χ1v) is 5.49. The van der Waals surface area contributed by atoms with Gasteiger partial charge in [-0.1, -0.05) is 6.42 Å². The van der Waals surface area contributed by atoms with E-state index in [-0.39, 0.29) is 18.3 Å². The zero-order chi connectivity index (χ0) is 8.32. The van der Waals surface area contributed by atoms with Crippen LogP contribution in [0.5, 0.6) is 0 Å². The second kappa shape index (κ2) is 3.51. The van der Waals surface area contributed by atoms with Gasteiger partial charge in [-0.15, -0.1) is 0 Å². The van der Waals surface area contributed by atoms with Gasteiger partial charge in [0.1, 0.15) is 0 Å². The van der Waals surface area contributed by atoms with Gasteiger partial charge < -0.3 is 5.73 Å². The molecule has 1 saturated carbocycles. The number of sulfonamides is 1. The van der Waals surface area contributed by atoms with Crippen LogP contribution in [0.2, 0.25) is 0 Å². The number of hydrogen-bond acceptors (Lipinski definition) is 3. The molecule has 0 aromatic heterocycles. The molecule has 5 heteroatoms. The largest absolute Gasteiger partial charge is 0.329 e. The standard InChI is InChI=1S/C6H14N2O2S/c7-4-5-11(9,10)8-6-2-1-3-6/h6,8H,1-5,7H2. The Morgan fingerprint density at radius 3 is 2.45 bits per heavy atom. The van der Waals surface area contributed by atoms with Crippen LogP contribution in [0.15, 0.2) is 0 Å². The molecule has 0 heterocycles. The molecule has 1 aliphatic rings. The zero-order valence-corrected chi connectivity index (χ0v) is 7.23. The Hall–Kier alpha value is -0.130. The van der Waals surface area contributed by atoms with Crippen LogP contribution in [0.1, 0.15) is 19.3 Å². The smallest absolute Gasteiger partial charge is 0.213 e. The summed E-state index contributed by atoms with van der Waals surface area (Å²) in [5.41, 5.74) is 5.13. The minimum atomic E-state index is -3.07. The van der Waals surface area contributed by atoms with E-state index in [0.29, 0.717) is 0 Å². The van der Waals surface area contributed by atoms with E-state index in [1.54, 1.807) is 0 Å². The lowest BCUT2D eigenvalue weighted by Crippen LogP contribution is -2.41. The number of rotatable bonds is 4. The van der Waals surface area contributed by atoms with Crippen molar-refractivity contribution in [1.29, 1.82) is 0 Å². The Morgan fingerprint density at radius 1 is 1.45 bits per heavy atom. The maximum absolute atomic E-state index is 11.0. The number of nitrogens with two attached hydrogens (primary N) is 1. The van der Waals surface area contributed by atoms with Crippen LogP contribution < -0.4 is 10.5 Å². The van der Waals surface area contributed by atoms with Gasteiger partial charge in [0.05, 0.1) is 5.75 Å². The Bertz CT molecular complexity index is 209. The van der Waals surface area contributed by atoms with Crippen LogP contribution in [0.25, 0.3) is 0 Å². The van der Waals surface area contributed by atoms with Crippen molar-refractivity contribution >= 4 is 10.0 Å². The van der Waals surface area contributed by atoms with Crippen LogP contribution >= 0.6 is 0 Å². The van der Waals surface area contributed by atoms with Crippen molar-refractivity contribution in [2.24, 2.45) is 5.73 Å². The highest BCUT2D eigenvalue weighted by Gasteiger charge is 2.22. The molecule has 0 atom stereocenters. The summed E-state index contributed by atoms with van der Waals surface area (Å²) in [4.78, 5) is 0. The molecule has 0 aromatic rings. The number of nitrogens with one attached hydrogen (secondary N) is 1. The SMILES string of the molecule is NCCS(=O)(=O)NC1CCC1. The summed E-state index contributed by atoms with van der Waals surface area (Å²) in [6, 6.07) is 0.187. The highest BCUT2D eigenvalue weighted by molar-refractivity contribution is 7.89. The average Bonchev–Trinajstić information content (AvgIpc) is 1.79. The third-order valence-electron chi connectivity index (χ3n) is 1.84. The third kappa shape index (κ3) is 2.76. The van der Waals surface area contributed by atoms with Gasteiger partial charge in [0.15, 0.2) is 0 Å². The van der Waals surface area contributed by atoms with Crippen molar-refractivity contribution < 1.29 is 8.42 Å². The van der Waals surface area contributed by atoms with Gasteiger partial charge in [0.2, 0.25) is 10.0 Å². The second-order valence-corrected chi connectivity index (χ2v) is 4.73. The normalized spacial score (nSPS) is 19.7. The predicted molar refractivity (Wildman–Crippen MR) is 43.6 cm³/mol. The van der Waals surface area contributed by atoms with E-state index < -0.39 is 10.0 Å².